The number of hydrogen-bond acceptors (Lipinski definition) is 7. The van der Waals surface area contributed by atoms with E-state index in [1.165, 1.54) is 0 Å². The second kappa shape index (κ2) is 10.9. The number of carboxylic acid groups (broad SMARTS) is 1. The van der Waals surface area contributed by atoms with Gasteiger partial charge in [0.2, 0.25) is 0 Å². The van der Waals surface area contributed by atoms with Gasteiger partial charge in [-0.3, -0.25) is 4.84 Å². The predicted molar refractivity (Wildman–Crippen MR) is 100 cm³/mol. The number of hydroxylamine groups is 2. The van der Waals surface area contributed by atoms with Crippen LogP contribution in [0.4, 0.5) is 0 Å². The maximum absolute atomic E-state index is 11.4. The first-order chi connectivity index (χ1) is 11.3. The molecule has 6 nitrogen and oxygen atoms in total. The Balaban J connectivity index is 0.00000625. The molecule has 0 spiro atoms. The Hall–Kier alpha value is 1.30. The SMILES string of the molecule is CSCCC(NC1CC(C)(C)N(OCC(C)(C)O)C(C)(C)C1)C(=O)[O-].[K+]. The fourth-order valence-corrected chi connectivity index (χ4v) is 4.21. The molecule has 1 unspecified atom stereocenters. The quantitative estimate of drug-likeness (QED) is 0.430. The number of nitrogens with one attached hydrogen (secondary N) is 1. The Kier molecular flexibility index (Phi) is 11.4. The minimum atomic E-state index is -1.04. The Labute approximate surface area is 205 Å². The van der Waals surface area contributed by atoms with Crippen LogP contribution in [0, 0.1) is 0 Å². The van der Waals surface area contributed by atoms with Gasteiger partial charge in [-0.2, -0.15) is 16.8 Å². The number of thioether (sulfide) groups is 1. The zero-order valence-electron chi connectivity index (χ0n) is 17.7. The second-order valence-electron chi connectivity index (χ2n) is 8.93. The molecule has 0 amide bonds. The Bertz CT molecular complexity index is 437. The molecule has 1 aliphatic rings. The molecule has 1 fully saturated rings. The molecule has 1 heterocycles. The van der Waals surface area contributed by atoms with E-state index in [0.717, 1.165) is 18.6 Å². The zero-order valence-corrected chi connectivity index (χ0v) is 21.7. The predicted octanol–water partition coefficient (Wildman–Crippen LogP) is -1.82. The topological polar surface area (TPSA) is 84.9 Å². The van der Waals surface area contributed by atoms with E-state index in [1.54, 1.807) is 25.6 Å². The summed E-state index contributed by atoms with van der Waals surface area (Å²) in [6.07, 6.45) is 4.04. The van der Waals surface area contributed by atoms with E-state index in [9.17, 15) is 15.0 Å². The molecule has 0 radical (unpaired) electrons. The van der Waals surface area contributed by atoms with Crippen molar-refractivity contribution in [1.29, 1.82) is 0 Å². The zero-order chi connectivity index (χ0) is 19.5. The number of piperidine rings is 1. The number of rotatable bonds is 9. The normalized spacial score (nSPS) is 21.8. The molecule has 1 atom stereocenters. The molecule has 0 saturated carbocycles. The molecule has 0 aliphatic carbocycles. The smallest absolute Gasteiger partial charge is 0.548 e. The summed E-state index contributed by atoms with van der Waals surface area (Å²) in [4.78, 5) is 17.4. The molecule has 1 saturated heterocycles. The summed E-state index contributed by atoms with van der Waals surface area (Å²) >= 11 is 1.64. The van der Waals surface area contributed by atoms with Crippen LogP contribution < -0.4 is 61.8 Å². The first-order valence-electron chi connectivity index (χ1n) is 8.90. The average Bonchev–Trinajstić information content (AvgIpc) is 2.39. The van der Waals surface area contributed by atoms with Crippen LogP contribution in [0.1, 0.15) is 60.8 Å². The summed E-state index contributed by atoms with van der Waals surface area (Å²) in [5.74, 6) is -0.253. The monoisotopic (exact) mass is 414 g/mol. The summed E-state index contributed by atoms with van der Waals surface area (Å²) in [6.45, 7) is 12.0. The van der Waals surface area contributed by atoms with E-state index < -0.39 is 17.6 Å². The average molecular weight is 415 g/mol. The van der Waals surface area contributed by atoms with Gasteiger partial charge in [-0.05, 0) is 72.8 Å². The van der Waals surface area contributed by atoms with Gasteiger partial charge in [0.25, 0.3) is 0 Å². The van der Waals surface area contributed by atoms with Crippen LogP contribution in [0.15, 0.2) is 0 Å². The van der Waals surface area contributed by atoms with Gasteiger partial charge in [-0.15, -0.1) is 0 Å². The molecule has 8 heteroatoms. The maximum atomic E-state index is 11.4. The van der Waals surface area contributed by atoms with Crippen LogP contribution >= 0.6 is 11.8 Å². The molecule has 0 bridgehead atoms. The summed E-state index contributed by atoms with van der Waals surface area (Å²) in [6, 6.07) is -0.565. The van der Waals surface area contributed by atoms with E-state index in [2.05, 4.69) is 33.0 Å². The standard InChI is InChI=1S/C18H36N2O4S.K/c1-16(2)10-13(19-14(15(21)22)8-9-25-7)11-17(3,4)20(16)24-12-18(5,6)23;/h13-14,19,23H,8-12H2,1-7H3,(H,21,22);/q;+1/p-1. The van der Waals surface area contributed by atoms with Crippen molar-refractivity contribution in [3.63, 3.8) is 0 Å². The minimum absolute atomic E-state index is 0. The first-order valence-corrected chi connectivity index (χ1v) is 10.3. The van der Waals surface area contributed by atoms with Crippen molar-refractivity contribution in [2.45, 2.75) is 89.6 Å². The van der Waals surface area contributed by atoms with Crippen LogP contribution in [0.5, 0.6) is 0 Å². The van der Waals surface area contributed by atoms with E-state index in [0.29, 0.717) is 6.42 Å². The fraction of sp³-hybridized carbons (Fsp3) is 0.944. The molecule has 2 N–H and O–H groups in total. The third-order valence-corrected chi connectivity index (χ3v) is 5.11. The largest absolute Gasteiger partial charge is 1.00 e. The van der Waals surface area contributed by atoms with Gasteiger partial charge < -0.3 is 20.3 Å². The van der Waals surface area contributed by atoms with Crippen LogP contribution in [-0.2, 0) is 9.63 Å². The molecule has 0 aromatic rings. The fourth-order valence-electron chi connectivity index (χ4n) is 3.74. The summed E-state index contributed by atoms with van der Waals surface area (Å²) in [5, 5.41) is 26.6. The molecule has 1 aliphatic heterocycles. The van der Waals surface area contributed by atoms with Crippen LogP contribution in [0.2, 0.25) is 0 Å². The molecule has 148 valence electrons. The van der Waals surface area contributed by atoms with E-state index >= 15 is 0 Å². The number of carbonyl (C=O) groups excluding carboxylic acids is 1. The van der Waals surface area contributed by atoms with Gasteiger partial charge in [-0.25, -0.2) is 0 Å². The van der Waals surface area contributed by atoms with Crippen molar-refractivity contribution in [2.75, 3.05) is 18.6 Å². The molecular formula is C18H35KN2O4S. The Morgan fingerprint density at radius 3 is 2.23 bits per heavy atom. The van der Waals surface area contributed by atoms with Crippen LogP contribution in [0.25, 0.3) is 0 Å². The number of hydrogen-bond donors (Lipinski definition) is 2. The van der Waals surface area contributed by atoms with Gasteiger partial charge in [0.1, 0.15) is 0 Å². The van der Waals surface area contributed by atoms with Gasteiger partial charge in [0.05, 0.1) is 18.2 Å². The van der Waals surface area contributed by atoms with Gasteiger partial charge in [0, 0.05) is 23.2 Å². The van der Waals surface area contributed by atoms with Crippen LogP contribution in [0.3, 0.4) is 0 Å². The molecule has 1 rings (SSSR count). The van der Waals surface area contributed by atoms with Crippen molar-refractivity contribution in [2.24, 2.45) is 0 Å². The molecule has 26 heavy (non-hydrogen) atoms. The first kappa shape index (κ1) is 27.3. The van der Waals surface area contributed by atoms with Gasteiger partial charge in [0.15, 0.2) is 0 Å². The number of aliphatic hydroxyl groups is 1. The number of nitrogens with zero attached hydrogens (tertiary/aromatic N) is 1. The summed E-state index contributed by atoms with van der Waals surface area (Å²) in [5.41, 5.74) is -1.49. The maximum Gasteiger partial charge on any atom is 1.00 e. The minimum Gasteiger partial charge on any atom is -0.548 e. The third-order valence-electron chi connectivity index (χ3n) is 4.47. The van der Waals surface area contributed by atoms with Crippen LogP contribution in [-0.4, -0.2) is 63.5 Å². The van der Waals surface area contributed by atoms with E-state index in [-0.39, 0.29) is 75.1 Å². The van der Waals surface area contributed by atoms with Gasteiger partial charge >= 0.3 is 51.4 Å². The van der Waals surface area contributed by atoms with Crippen molar-refractivity contribution < 1.29 is 71.2 Å². The van der Waals surface area contributed by atoms with Crippen molar-refractivity contribution >= 4 is 17.7 Å². The second-order valence-corrected chi connectivity index (χ2v) is 9.92. The van der Waals surface area contributed by atoms with Crippen molar-refractivity contribution in [3.05, 3.63) is 0 Å². The van der Waals surface area contributed by atoms with Crippen molar-refractivity contribution in [3.8, 4) is 0 Å². The van der Waals surface area contributed by atoms with E-state index in [4.69, 9.17) is 4.84 Å². The molecule has 0 aromatic carbocycles. The molecular weight excluding hydrogens is 379 g/mol. The number of aliphatic carboxylic acids is 1. The van der Waals surface area contributed by atoms with E-state index in [1.807, 2.05) is 11.3 Å². The Morgan fingerprint density at radius 1 is 1.35 bits per heavy atom. The number of carboxylic acids is 1. The molecule has 0 aromatic heterocycles. The van der Waals surface area contributed by atoms with Gasteiger partial charge in [-0.1, -0.05) is 0 Å². The van der Waals surface area contributed by atoms with Crippen molar-refractivity contribution in [1.82, 2.24) is 10.4 Å². The summed E-state index contributed by atoms with van der Waals surface area (Å²) < 4.78 is 0. The third kappa shape index (κ3) is 8.76. The Morgan fingerprint density at radius 2 is 1.85 bits per heavy atom. The number of carbonyl (C=O) groups is 1. The summed E-state index contributed by atoms with van der Waals surface area (Å²) in [7, 11) is 0.